The normalized spacial score (nSPS) is 18.1. The average Bonchev–Trinajstić information content (AvgIpc) is 2.83. The van der Waals surface area contributed by atoms with Crippen molar-refractivity contribution in [2.45, 2.75) is 25.7 Å². The van der Waals surface area contributed by atoms with Gasteiger partial charge in [-0.25, -0.2) is 0 Å². The van der Waals surface area contributed by atoms with Crippen molar-refractivity contribution >= 4 is 5.78 Å². The van der Waals surface area contributed by atoms with E-state index in [1.54, 1.807) is 7.05 Å². The van der Waals surface area contributed by atoms with E-state index in [0.717, 1.165) is 19.3 Å². The van der Waals surface area contributed by atoms with E-state index in [4.69, 9.17) is 0 Å². The van der Waals surface area contributed by atoms with Crippen molar-refractivity contribution in [2.24, 2.45) is 13.0 Å². The highest BCUT2D eigenvalue weighted by Crippen LogP contribution is 2.26. The summed E-state index contributed by atoms with van der Waals surface area (Å²) in [5.41, 5.74) is 2.68. The van der Waals surface area contributed by atoms with Gasteiger partial charge in [0.1, 0.15) is 5.78 Å². The zero-order chi connectivity index (χ0) is 13.2. The molecule has 1 aliphatic carbocycles. The number of fused-ring (bicyclic) bond motifs is 1. The van der Waals surface area contributed by atoms with Crippen LogP contribution in [0, 0.1) is 5.92 Å². The number of tetrazole rings is 1. The summed E-state index contributed by atoms with van der Waals surface area (Å²) in [6.07, 6.45) is 3.05. The lowest BCUT2D eigenvalue weighted by molar-refractivity contribution is -0.122. The fraction of sp³-hybridized carbons (Fsp3) is 0.429. The Morgan fingerprint density at radius 2 is 2.16 bits per heavy atom. The SMILES string of the molecule is Cn1nnc(CC(=O)C2CCc3ccccc3C2)n1. The molecule has 1 unspecified atom stereocenters. The lowest BCUT2D eigenvalue weighted by Gasteiger charge is -2.23. The number of ketones is 1. The number of benzene rings is 1. The predicted octanol–water partition coefficient (Wildman–Crippen LogP) is 1.13. The van der Waals surface area contributed by atoms with Gasteiger partial charge >= 0.3 is 0 Å². The van der Waals surface area contributed by atoms with Gasteiger partial charge in [-0.05, 0) is 35.6 Å². The number of Topliss-reactive ketones (excluding diaryl/α,β-unsaturated/α-hetero) is 1. The number of carbonyl (C=O) groups is 1. The molecule has 0 N–H and O–H groups in total. The molecule has 0 saturated heterocycles. The zero-order valence-electron chi connectivity index (χ0n) is 10.9. The molecule has 1 heterocycles. The van der Waals surface area contributed by atoms with E-state index in [0.29, 0.717) is 12.2 Å². The fourth-order valence-corrected chi connectivity index (χ4v) is 2.67. The molecule has 0 fully saturated rings. The average molecular weight is 256 g/mol. The van der Waals surface area contributed by atoms with Gasteiger partial charge in [-0.3, -0.25) is 4.79 Å². The Hall–Kier alpha value is -2.04. The van der Waals surface area contributed by atoms with Crippen LogP contribution >= 0.6 is 0 Å². The van der Waals surface area contributed by atoms with E-state index in [1.807, 2.05) is 6.07 Å². The summed E-state index contributed by atoms with van der Waals surface area (Å²) in [5.74, 6) is 0.840. The molecule has 0 amide bonds. The Labute approximate surface area is 111 Å². The minimum Gasteiger partial charge on any atom is -0.299 e. The predicted molar refractivity (Wildman–Crippen MR) is 69.5 cm³/mol. The minimum absolute atomic E-state index is 0.0960. The second kappa shape index (κ2) is 4.91. The van der Waals surface area contributed by atoms with Gasteiger partial charge in [0, 0.05) is 5.92 Å². The Kier molecular flexibility index (Phi) is 3.11. The van der Waals surface area contributed by atoms with Crippen LogP contribution in [-0.2, 0) is 31.1 Å². The van der Waals surface area contributed by atoms with Crippen molar-refractivity contribution in [2.75, 3.05) is 0 Å². The van der Waals surface area contributed by atoms with Gasteiger partial charge in [-0.1, -0.05) is 24.3 Å². The maximum Gasteiger partial charge on any atom is 0.182 e. The maximum atomic E-state index is 12.3. The van der Waals surface area contributed by atoms with E-state index >= 15 is 0 Å². The smallest absolute Gasteiger partial charge is 0.182 e. The number of nitrogens with zero attached hydrogens (tertiary/aromatic N) is 4. The summed E-state index contributed by atoms with van der Waals surface area (Å²) in [6, 6.07) is 8.37. The molecule has 98 valence electrons. The second-order valence-electron chi connectivity index (χ2n) is 5.05. The molecule has 19 heavy (non-hydrogen) atoms. The first-order chi connectivity index (χ1) is 9.22. The number of aromatic nitrogens is 4. The molecular weight excluding hydrogens is 240 g/mol. The summed E-state index contributed by atoms with van der Waals surface area (Å²) in [5, 5.41) is 11.7. The van der Waals surface area contributed by atoms with Gasteiger partial charge < -0.3 is 0 Å². The first kappa shape index (κ1) is 12.0. The Bertz CT molecular complexity index is 605. The van der Waals surface area contributed by atoms with Crippen LogP contribution < -0.4 is 0 Å². The van der Waals surface area contributed by atoms with Gasteiger partial charge in [0.25, 0.3) is 0 Å². The van der Waals surface area contributed by atoms with Crippen LogP contribution in [0.25, 0.3) is 0 Å². The van der Waals surface area contributed by atoms with Gasteiger partial charge in [0.15, 0.2) is 5.82 Å². The van der Waals surface area contributed by atoms with Crippen LogP contribution in [0.15, 0.2) is 24.3 Å². The van der Waals surface area contributed by atoms with Crippen LogP contribution in [0.1, 0.15) is 23.4 Å². The quantitative estimate of drug-likeness (QED) is 0.826. The summed E-state index contributed by atoms with van der Waals surface area (Å²) in [7, 11) is 1.71. The number of carbonyl (C=O) groups excluding carboxylic acids is 1. The topological polar surface area (TPSA) is 60.7 Å². The summed E-state index contributed by atoms with van der Waals surface area (Å²) >= 11 is 0. The molecule has 3 rings (SSSR count). The van der Waals surface area contributed by atoms with Crippen molar-refractivity contribution < 1.29 is 4.79 Å². The van der Waals surface area contributed by atoms with Crippen molar-refractivity contribution in [3.05, 3.63) is 41.2 Å². The third-order valence-electron chi connectivity index (χ3n) is 3.68. The van der Waals surface area contributed by atoms with Gasteiger partial charge in [-0.2, -0.15) is 4.80 Å². The van der Waals surface area contributed by atoms with Crippen LogP contribution in [0.2, 0.25) is 0 Å². The monoisotopic (exact) mass is 256 g/mol. The lowest BCUT2D eigenvalue weighted by Crippen LogP contribution is -2.24. The van der Waals surface area contributed by atoms with E-state index in [9.17, 15) is 4.79 Å². The van der Waals surface area contributed by atoms with Crippen molar-refractivity contribution in [3.8, 4) is 0 Å². The molecule has 5 heteroatoms. The summed E-state index contributed by atoms with van der Waals surface area (Å²) in [6.45, 7) is 0. The molecule has 1 atom stereocenters. The molecule has 1 aliphatic rings. The fourth-order valence-electron chi connectivity index (χ4n) is 2.67. The van der Waals surface area contributed by atoms with Crippen LogP contribution in [0.5, 0.6) is 0 Å². The number of hydrogen-bond acceptors (Lipinski definition) is 4. The van der Waals surface area contributed by atoms with Crippen LogP contribution in [0.4, 0.5) is 0 Å². The van der Waals surface area contributed by atoms with Crippen molar-refractivity contribution in [1.82, 2.24) is 20.2 Å². The van der Waals surface area contributed by atoms with E-state index < -0.39 is 0 Å². The molecule has 2 aromatic rings. The highest BCUT2D eigenvalue weighted by molar-refractivity contribution is 5.83. The standard InChI is InChI=1S/C14H16N4O/c1-18-16-14(15-17-18)9-13(19)12-7-6-10-4-2-3-5-11(10)8-12/h2-5,12H,6-9H2,1H3. The highest BCUT2D eigenvalue weighted by atomic mass is 16.1. The van der Waals surface area contributed by atoms with E-state index in [1.165, 1.54) is 15.9 Å². The number of hydrogen-bond donors (Lipinski definition) is 0. The molecule has 1 aromatic heterocycles. The number of aryl methyl sites for hydroxylation is 2. The Balaban J connectivity index is 1.69. The molecule has 0 aliphatic heterocycles. The third kappa shape index (κ3) is 2.54. The van der Waals surface area contributed by atoms with Crippen molar-refractivity contribution in [1.29, 1.82) is 0 Å². The lowest BCUT2D eigenvalue weighted by atomic mass is 9.81. The maximum absolute atomic E-state index is 12.3. The van der Waals surface area contributed by atoms with Gasteiger partial charge in [0.05, 0.1) is 13.5 Å². The van der Waals surface area contributed by atoms with E-state index in [2.05, 4.69) is 33.6 Å². The largest absolute Gasteiger partial charge is 0.299 e. The van der Waals surface area contributed by atoms with E-state index in [-0.39, 0.29) is 11.7 Å². The molecule has 0 radical (unpaired) electrons. The van der Waals surface area contributed by atoms with Gasteiger partial charge in [0.2, 0.25) is 0 Å². The van der Waals surface area contributed by atoms with Crippen LogP contribution in [0.3, 0.4) is 0 Å². The summed E-state index contributed by atoms with van der Waals surface area (Å²) in [4.78, 5) is 13.7. The first-order valence-corrected chi connectivity index (χ1v) is 6.55. The molecule has 0 bridgehead atoms. The minimum atomic E-state index is 0.0960. The summed E-state index contributed by atoms with van der Waals surface area (Å²) < 4.78 is 0. The molecule has 0 spiro atoms. The first-order valence-electron chi connectivity index (χ1n) is 6.55. The Morgan fingerprint density at radius 3 is 2.89 bits per heavy atom. The molecule has 0 saturated carbocycles. The second-order valence-corrected chi connectivity index (χ2v) is 5.05. The van der Waals surface area contributed by atoms with Gasteiger partial charge in [-0.15, -0.1) is 10.2 Å². The number of rotatable bonds is 3. The molecule has 5 nitrogen and oxygen atoms in total. The highest BCUT2D eigenvalue weighted by Gasteiger charge is 2.25. The molecular formula is C14H16N4O. The molecule has 1 aromatic carbocycles. The zero-order valence-corrected chi connectivity index (χ0v) is 10.9. The third-order valence-corrected chi connectivity index (χ3v) is 3.68. The van der Waals surface area contributed by atoms with Crippen LogP contribution in [-0.4, -0.2) is 26.0 Å². The van der Waals surface area contributed by atoms with Crippen molar-refractivity contribution in [3.63, 3.8) is 0 Å². The Morgan fingerprint density at radius 1 is 1.37 bits per heavy atom.